The molecule has 0 heterocycles. The Bertz CT molecular complexity index is 208. The maximum absolute atomic E-state index is 9.89. The Morgan fingerprint density at radius 2 is 2.06 bits per heavy atom. The van der Waals surface area contributed by atoms with Crippen molar-refractivity contribution in [3.05, 3.63) is 0 Å². The molecule has 3 heteroatoms. The first kappa shape index (κ1) is 14.9. The average molecular weight is 243 g/mol. The van der Waals surface area contributed by atoms with Crippen molar-refractivity contribution in [1.82, 2.24) is 4.90 Å². The van der Waals surface area contributed by atoms with Gasteiger partial charge < -0.3 is 9.84 Å². The molecule has 0 spiro atoms. The van der Waals surface area contributed by atoms with Crippen molar-refractivity contribution < 1.29 is 9.84 Å². The van der Waals surface area contributed by atoms with Gasteiger partial charge in [0.2, 0.25) is 0 Å². The van der Waals surface area contributed by atoms with Gasteiger partial charge in [0.1, 0.15) is 0 Å². The average Bonchev–Trinajstić information content (AvgIpc) is 2.29. The summed E-state index contributed by atoms with van der Waals surface area (Å²) in [6.07, 6.45) is 2.96. The van der Waals surface area contributed by atoms with E-state index in [1.165, 1.54) is 0 Å². The van der Waals surface area contributed by atoms with Gasteiger partial charge in [0.15, 0.2) is 0 Å². The van der Waals surface area contributed by atoms with Gasteiger partial charge >= 0.3 is 0 Å². The molecule has 3 nitrogen and oxygen atoms in total. The first-order valence-corrected chi connectivity index (χ1v) is 7.01. The maximum atomic E-state index is 9.89. The normalized spacial score (nSPS) is 30.2. The van der Waals surface area contributed by atoms with E-state index in [-0.39, 0.29) is 6.10 Å². The van der Waals surface area contributed by atoms with Gasteiger partial charge in [0.05, 0.1) is 12.7 Å². The van der Waals surface area contributed by atoms with E-state index in [0.29, 0.717) is 12.0 Å². The molecule has 0 saturated heterocycles. The molecule has 0 bridgehead atoms. The topological polar surface area (TPSA) is 32.7 Å². The number of aliphatic hydroxyl groups is 1. The van der Waals surface area contributed by atoms with Crippen LogP contribution in [-0.4, -0.2) is 49.0 Å². The number of hydrogen-bond donors (Lipinski definition) is 1. The van der Waals surface area contributed by atoms with Crippen LogP contribution in [0, 0.1) is 11.8 Å². The molecule has 0 aliphatic heterocycles. The number of likely N-dealkylation sites (N-methyl/N-ethyl adjacent to an activating group) is 1. The van der Waals surface area contributed by atoms with Crippen LogP contribution in [-0.2, 0) is 4.74 Å². The van der Waals surface area contributed by atoms with Crippen molar-refractivity contribution in [2.45, 2.75) is 52.2 Å². The Morgan fingerprint density at radius 1 is 1.35 bits per heavy atom. The molecule has 0 radical (unpaired) electrons. The molecule has 3 atom stereocenters. The first-order chi connectivity index (χ1) is 8.10. The zero-order chi connectivity index (χ0) is 12.8. The first-order valence-electron chi connectivity index (χ1n) is 7.01. The van der Waals surface area contributed by atoms with Crippen LogP contribution >= 0.6 is 0 Å². The third-order valence-electron chi connectivity index (χ3n) is 4.16. The number of ether oxygens (including phenoxy) is 1. The molecule has 0 amide bonds. The standard InChI is InChI=1S/C14H29NO2/c1-5-15(8-9-17-4)14-10-12(16)6-7-13(14)11(2)3/h11-14,16H,5-10H2,1-4H3. The van der Waals surface area contributed by atoms with E-state index in [1.54, 1.807) is 7.11 Å². The van der Waals surface area contributed by atoms with Gasteiger partial charge in [-0.15, -0.1) is 0 Å². The molecule has 1 rings (SSSR count). The van der Waals surface area contributed by atoms with Crippen LogP contribution in [0.2, 0.25) is 0 Å². The highest BCUT2D eigenvalue weighted by Gasteiger charge is 2.34. The molecular formula is C14H29NO2. The lowest BCUT2D eigenvalue weighted by Crippen LogP contribution is -2.48. The third kappa shape index (κ3) is 4.23. The van der Waals surface area contributed by atoms with E-state index in [1.807, 2.05) is 0 Å². The van der Waals surface area contributed by atoms with Crippen LogP contribution in [0.15, 0.2) is 0 Å². The molecule has 0 aromatic heterocycles. The zero-order valence-electron chi connectivity index (χ0n) is 11.9. The summed E-state index contributed by atoms with van der Waals surface area (Å²) in [4.78, 5) is 2.48. The SMILES string of the molecule is CCN(CCOC)C1CC(O)CCC1C(C)C. The zero-order valence-corrected chi connectivity index (χ0v) is 11.9. The van der Waals surface area contributed by atoms with Crippen LogP contribution < -0.4 is 0 Å². The van der Waals surface area contributed by atoms with Gasteiger partial charge in [-0.3, -0.25) is 4.90 Å². The summed E-state index contributed by atoms with van der Waals surface area (Å²) < 4.78 is 5.18. The lowest BCUT2D eigenvalue weighted by atomic mass is 9.76. The molecule has 1 aliphatic rings. The third-order valence-corrected chi connectivity index (χ3v) is 4.16. The van der Waals surface area contributed by atoms with Gasteiger partial charge in [0, 0.05) is 19.7 Å². The van der Waals surface area contributed by atoms with E-state index in [0.717, 1.165) is 44.9 Å². The second kappa shape index (κ2) is 7.34. The van der Waals surface area contributed by atoms with E-state index < -0.39 is 0 Å². The Hall–Kier alpha value is -0.120. The monoisotopic (exact) mass is 243 g/mol. The highest BCUT2D eigenvalue weighted by Crippen LogP contribution is 2.33. The summed E-state index contributed by atoms with van der Waals surface area (Å²) in [5.41, 5.74) is 0. The van der Waals surface area contributed by atoms with Crippen LogP contribution in [0.1, 0.15) is 40.0 Å². The summed E-state index contributed by atoms with van der Waals surface area (Å²) in [6.45, 7) is 9.62. The molecule has 0 aromatic carbocycles. The minimum atomic E-state index is -0.105. The molecular weight excluding hydrogens is 214 g/mol. The van der Waals surface area contributed by atoms with Crippen LogP contribution in [0.25, 0.3) is 0 Å². The lowest BCUT2D eigenvalue weighted by molar-refractivity contribution is 0.00468. The van der Waals surface area contributed by atoms with E-state index in [2.05, 4.69) is 25.7 Å². The molecule has 1 saturated carbocycles. The van der Waals surface area contributed by atoms with Crippen molar-refractivity contribution in [3.63, 3.8) is 0 Å². The molecule has 1 N–H and O–H groups in total. The van der Waals surface area contributed by atoms with Gasteiger partial charge in [-0.1, -0.05) is 20.8 Å². The van der Waals surface area contributed by atoms with Crippen molar-refractivity contribution in [3.8, 4) is 0 Å². The fourth-order valence-electron chi connectivity index (χ4n) is 3.11. The van der Waals surface area contributed by atoms with E-state index in [4.69, 9.17) is 4.74 Å². The summed E-state index contributed by atoms with van der Waals surface area (Å²) in [7, 11) is 1.75. The molecule has 1 aliphatic carbocycles. The van der Waals surface area contributed by atoms with Crippen molar-refractivity contribution >= 4 is 0 Å². The Balaban J connectivity index is 2.65. The summed E-state index contributed by atoms with van der Waals surface area (Å²) in [5, 5.41) is 9.89. The number of nitrogens with zero attached hydrogens (tertiary/aromatic N) is 1. The minimum absolute atomic E-state index is 0.105. The Morgan fingerprint density at radius 3 is 2.59 bits per heavy atom. The number of aliphatic hydroxyl groups excluding tert-OH is 1. The van der Waals surface area contributed by atoms with E-state index in [9.17, 15) is 5.11 Å². The molecule has 1 fully saturated rings. The quantitative estimate of drug-likeness (QED) is 0.776. The Labute approximate surface area is 106 Å². The summed E-state index contributed by atoms with van der Waals surface area (Å²) in [6, 6.07) is 0.527. The second-order valence-electron chi connectivity index (χ2n) is 5.56. The van der Waals surface area contributed by atoms with Gasteiger partial charge in [0.25, 0.3) is 0 Å². The predicted molar refractivity (Wildman–Crippen MR) is 71.1 cm³/mol. The molecule has 0 aromatic rings. The van der Waals surface area contributed by atoms with Gasteiger partial charge in [-0.25, -0.2) is 0 Å². The Kier molecular flexibility index (Phi) is 6.45. The number of hydrogen-bond acceptors (Lipinski definition) is 3. The summed E-state index contributed by atoms with van der Waals surface area (Å²) >= 11 is 0. The van der Waals surface area contributed by atoms with Gasteiger partial charge in [-0.05, 0) is 37.6 Å². The lowest BCUT2D eigenvalue weighted by Gasteiger charge is -2.43. The van der Waals surface area contributed by atoms with Gasteiger partial charge in [-0.2, -0.15) is 0 Å². The summed E-state index contributed by atoms with van der Waals surface area (Å²) in [5.74, 6) is 1.42. The highest BCUT2D eigenvalue weighted by atomic mass is 16.5. The second-order valence-corrected chi connectivity index (χ2v) is 5.56. The van der Waals surface area contributed by atoms with Crippen molar-refractivity contribution in [2.24, 2.45) is 11.8 Å². The molecule has 3 unspecified atom stereocenters. The van der Waals surface area contributed by atoms with Crippen LogP contribution in [0.4, 0.5) is 0 Å². The predicted octanol–water partition coefficient (Wildman–Crippen LogP) is 2.14. The number of rotatable bonds is 6. The van der Waals surface area contributed by atoms with Crippen molar-refractivity contribution in [2.75, 3.05) is 26.8 Å². The largest absolute Gasteiger partial charge is 0.393 e. The fourth-order valence-corrected chi connectivity index (χ4v) is 3.11. The molecule has 102 valence electrons. The maximum Gasteiger partial charge on any atom is 0.0589 e. The number of methoxy groups -OCH3 is 1. The fraction of sp³-hybridized carbons (Fsp3) is 1.00. The molecule has 17 heavy (non-hydrogen) atoms. The van der Waals surface area contributed by atoms with Crippen LogP contribution in [0.3, 0.4) is 0 Å². The smallest absolute Gasteiger partial charge is 0.0589 e. The minimum Gasteiger partial charge on any atom is -0.393 e. The van der Waals surface area contributed by atoms with Crippen LogP contribution in [0.5, 0.6) is 0 Å². The van der Waals surface area contributed by atoms with E-state index >= 15 is 0 Å². The van der Waals surface area contributed by atoms with Crippen molar-refractivity contribution in [1.29, 1.82) is 0 Å². The highest BCUT2D eigenvalue weighted by molar-refractivity contribution is 4.88.